The average molecular weight is 348 g/mol. The van der Waals surface area contributed by atoms with Crippen LogP contribution in [0.3, 0.4) is 0 Å². The normalized spacial score (nSPS) is 15.4. The maximum atomic E-state index is 13.1. The zero-order valence-electron chi connectivity index (χ0n) is 14.8. The lowest BCUT2D eigenvalue weighted by Crippen LogP contribution is -2.36. The minimum absolute atomic E-state index is 0.00606. The molecule has 3 nitrogen and oxygen atoms in total. The van der Waals surface area contributed by atoms with E-state index < -0.39 is 0 Å². The molecule has 26 heavy (non-hydrogen) atoms. The van der Waals surface area contributed by atoms with Crippen LogP contribution in [0.4, 0.5) is 10.1 Å². The fraction of sp³-hybridized carbons (Fsp3) is 0.273. The van der Waals surface area contributed by atoms with Crippen molar-refractivity contribution in [3.63, 3.8) is 0 Å². The number of rotatable bonds is 3. The molecule has 0 aliphatic carbocycles. The Morgan fingerprint density at radius 1 is 1.08 bits per heavy atom. The van der Waals surface area contributed by atoms with Crippen molar-refractivity contribution in [2.75, 3.05) is 18.0 Å². The predicted molar refractivity (Wildman–Crippen MR) is 102 cm³/mol. The lowest BCUT2D eigenvalue weighted by Gasteiger charge is -2.33. The van der Waals surface area contributed by atoms with Crippen LogP contribution in [0.15, 0.2) is 54.7 Å². The van der Waals surface area contributed by atoms with Crippen LogP contribution < -0.4 is 4.90 Å². The standard InChI is InChI=1S/C22H21FN2O/c1-15-2-7-20-19(14-15)21(8-11-24-20)25-12-9-17(10-13-25)22(26)16-3-5-18(23)6-4-16/h2-8,11,14,17H,9-10,12-13H2,1H3. The largest absolute Gasteiger partial charge is 0.371 e. The molecule has 1 aliphatic heterocycles. The van der Waals surface area contributed by atoms with Crippen LogP contribution in [0.1, 0.15) is 28.8 Å². The molecular formula is C22H21FN2O. The second-order valence-corrected chi connectivity index (χ2v) is 6.98. The minimum Gasteiger partial charge on any atom is -0.371 e. The number of ketones is 1. The maximum Gasteiger partial charge on any atom is 0.166 e. The Kier molecular flexibility index (Phi) is 4.41. The summed E-state index contributed by atoms with van der Waals surface area (Å²) in [6.07, 6.45) is 3.47. The van der Waals surface area contributed by atoms with Gasteiger partial charge in [0.25, 0.3) is 0 Å². The highest BCUT2D eigenvalue weighted by molar-refractivity contribution is 5.98. The summed E-state index contributed by atoms with van der Waals surface area (Å²) < 4.78 is 13.1. The Morgan fingerprint density at radius 2 is 1.81 bits per heavy atom. The number of carbonyl (C=O) groups excluding carboxylic acids is 1. The van der Waals surface area contributed by atoms with E-state index in [1.807, 2.05) is 6.20 Å². The molecule has 2 heterocycles. The fourth-order valence-corrected chi connectivity index (χ4v) is 3.75. The number of hydrogen-bond acceptors (Lipinski definition) is 3. The molecule has 0 N–H and O–H groups in total. The highest BCUT2D eigenvalue weighted by atomic mass is 19.1. The summed E-state index contributed by atoms with van der Waals surface area (Å²) in [5.41, 5.74) is 4.01. The van der Waals surface area contributed by atoms with Crippen LogP contribution in [0.25, 0.3) is 10.9 Å². The van der Waals surface area contributed by atoms with Crippen molar-refractivity contribution in [3.05, 3.63) is 71.7 Å². The van der Waals surface area contributed by atoms with E-state index in [4.69, 9.17) is 0 Å². The van der Waals surface area contributed by atoms with Crippen molar-refractivity contribution in [3.8, 4) is 0 Å². The van der Waals surface area contributed by atoms with Gasteiger partial charge in [-0.3, -0.25) is 9.78 Å². The molecule has 1 saturated heterocycles. The Hall–Kier alpha value is -2.75. The highest BCUT2D eigenvalue weighted by Crippen LogP contribution is 2.31. The van der Waals surface area contributed by atoms with Crippen LogP contribution in [-0.2, 0) is 0 Å². The summed E-state index contributed by atoms with van der Waals surface area (Å²) in [5, 5.41) is 1.16. The predicted octanol–water partition coefficient (Wildman–Crippen LogP) is 4.78. The molecule has 4 rings (SSSR count). The summed E-state index contributed by atoms with van der Waals surface area (Å²) >= 11 is 0. The maximum absolute atomic E-state index is 13.1. The van der Waals surface area contributed by atoms with E-state index in [-0.39, 0.29) is 17.5 Å². The van der Waals surface area contributed by atoms with E-state index >= 15 is 0 Å². The number of carbonyl (C=O) groups is 1. The third-order valence-electron chi connectivity index (χ3n) is 5.21. The molecule has 4 heteroatoms. The molecule has 0 radical (unpaired) electrons. The number of anilines is 1. The van der Waals surface area contributed by atoms with Gasteiger partial charge in [0, 0.05) is 41.8 Å². The lowest BCUT2D eigenvalue weighted by molar-refractivity contribution is 0.0900. The summed E-state index contributed by atoms with van der Waals surface area (Å²) in [7, 11) is 0. The number of piperidine rings is 1. The molecule has 1 aliphatic rings. The Labute approximate surface area is 152 Å². The van der Waals surface area contributed by atoms with Gasteiger partial charge in [-0.05, 0) is 62.2 Å². The molecular weight excluding hydrogens is 327 g/mol. The number of nitrogens with zero attached hydrogens (tertiary/aromatic N) is 2. The first-order chi connectivity index (χ1) is 12.6. The third-order valence-corrected chi connectivity index (χ3v) is 5.21. The Morgan fingerprint density at radius 3 is 2.54 bits per heavy atom. The number of halogens is 1. The van der Waals surface area contributed by atoms with Gasteiger partial charge in [-0.25, -0.2) is 4.39 Å². The van der Waals surface area contributed by atoms with Gasteiger partial charge in [-0.1, -0.05) is 11.6 Å². The van der Waals surface area contributed by atoms with Gasteiger partial charge in [-0.15, -0.1) is 0 Å². The minimum atomic E-state index is -0.309. The number of fused-ring (bicyclic) bond motifs is 1. The second-order valence-electron chi connectivity index (χ2n) is 6.98. The van der Waals surface area contributed by atoms with Crippen LogP contribution in [0, 0.1) is 18.7 Å². The van der Waals surface area contributed by atoms with E-state index in [0.29, 0.717) is 5.56 Å². The number of aryl methyl sites for hydroxylation is 1. The van der Waals surface area contributed by atoms with E-state index in [1.54, 1.807) is 12.1 Å². The van der Waals surface area contributed by atoms with Gasteiger partial charge in [-0.2, -0.15) is 0 Å². The number of Topliss-reactive ketones (excluding diaryl/α,β-unsaturated/α-hetero) is 1. The molecule has 3 aromatic rings. The highest BCUT2D eigenvalue weighted by Gasteiger charge is 2.26. The molecule has 0 spiro atoms. The quantitative estimate of drug-likeness (QED) is 0.639. The molecule has 2 aromatic carbocycles. The fourth-order valence-electron chi connectivity index (χ4n) is 3.75. The first-order valence-corrected chi connectivity index (χ1v) is 9.02. The van der Waals surface area contributed by atoms with Crippen LogP contribution >= 0.6 is 0 Å². The summed E-state index contributed by atoms with van der Waals surface area (Å²) in [4.78, 5) is 19.5. The topological polar surface area (TPSA) is 33.2 Å². The molecule has 0 saturated carbocycles. The van der Waals surface area contributed by atoms with E-state index in [2.05, 4.69) is 41.1 Å². The van der Waals surface area contributed by atoms with Crippen molar-refractivity contribution in [2.24, 2.45) is 5.92 Å². The van der Waals surface area contributed by atoms with Gasteiger partial charge in [0.1, 0.15) is 5.82 Å². The second kappa shape index (κ2) is 6.87. The third kappa shape index (κ3) is 3.19. The summed E-state index contributed by atoms with van der Waals surface area (Å²) in [6.45, 7) is 3.76. The van der Waals surface area contributed by atoms with Crippen molar-refractivity contribution in [1.29, 1.82) is 0 Å². The van der Waals surface area contributed by atoms with Crippen molar-refractivity contribution in [1.82, 2.24) is 4.98 Å². The number of pyridine rings is 1. The monoisotopic (exact) mass is 348 g/mol. The first kappa shape index (κ1) is 16.7. The van der Waals surface area contributed by atoms with Gasteiger partial charge >= 0.3 is 0 Å². The summed E-state index contributed by atoms with van der Waals surface area (Å²) in [5.74, 6) is -0.178. The van der Waals surface area contributed by atoms with Crippen molar-refractivity contribution in [2.45, 2.75) is 19.8 Å². The zero-order chi connectivity index (χ0) is 18.1. The molecule has 0 bridgehead atoms. The van der Waals surface area contributed by atoms with E-state index in [0.717, 1.165) is 36.8 Å². The van der Waals surface area contributed by atoms with Crippen LogP contribution in [0.2, 0.25) is 0 Å². The molecule has 1 fully saturated rings. The molecule has 1 aromatic heterocycles. The smallest absolute Gasteiger partial charge is 0.166 e. The number of hydrogen-bond donors (Lipinski definition) is 0. The number of aromatic nitrogens is 1. The average Bonchev–Trinajstić information content (AvgIpc) is 2.68. The van der Waals surface area contributed by atoms with Crippen molar-refractivity contribution >= 4 is 22.4 Å². The molecule has 0 atom stereocenters. The van der Waals surface area contributed by atoms with E-state index in [9.17, 15) is 9.18 Å². The Balaban J connectivity index is 1.51. The van der Waals surface area contributed by atoms with Gasteiger partial charge < -0.3 is 4.90 Å². The van der Waals surface area contributed by atoms with Gasteiger partial charge in [0.2, 0.25) is 0 Å². The summed E-state index contributed by atoms with van der Waals surface area (Å²) in [6, 6.07) is 14.2. The van der Waals surface area contributed by atoms with Gasteiger partial charge in [0.05, 0.1) is 5.52 Å². The number of benzene rings is 2. The Bertz CT molecular complexity index is 944. The zero-order valence-corrected chi connectivity index (χ0v) is 14.8. The van der Waals surface area contributed by atoms with Crippen molar-refractivity contribution < 1.29 is 9.18 Å². The van der Waals surface area contributed by atoms with Crippen LogP contribution in [0.5, 0.6) is 0 Å². The molecule has 0 unspecified atom stereocenters. The SMILES string of the molecule is Cc1ccc2nccc(N3CCC(C(=O)c4ccc(F)cc4)CC3)c2c1. The molecule has 0 amide bonds. The lowest BCUT2D eigenvalue weighted by atomic mass is 9.88. The first-order valence-electron chi connectivity index (χ1n) is 9.02. The molecule has 132 valence electrons. The van der Waals surface area contributed by atoms with E-state index in [1.165, 1.54) is 23.4 Å². The van der Waals surface area contributed by atoms with Crippen LogP contribution in [-0.4, -0.2) is 23.9 Å². The van der Waals surface area contributed by atoms with Gasteiger partial charge in [0.15, 0.2) is 5.78 Å².